The molecule has 0 spiro atoms. The van der Waals surface area contributed by atoms with Crippen molar-refractivity contribution in [2.75, 3.05) is 0 Å². The molecule has 192 valence electrons. The van der Waals surface area contributed by atoms with E-state index >= 15 is 0 Å². The van der Waals surface area contributed by atoms with Gasteiger partial charge in [0.2, 0.25) is 5.91 Å². The number of nitrogens with zero attached hydrogens (tertiary/aromatic N) is 1. The van der Waals surface area contributed by atoms with Crippen molar-refractivity contribution in [1.29, 1.82) is 0 Å². The molecule has 1 aromatic rings. The van der Waals surface area contributed by atoms with Crippen LogP contribution >= 0.6 is 0 Å². The number of alkyl carbamates (subject to hydrolysis) is 1. The summed E-state index contributed by atoms with van der Waals surface area (Å²) in [5.41, 5.74) is 1.76. The van der Waals surface area contributed by atoms with Crippen molar-refractivity contribution in [3.05, 3.63) is 34.9 Å². The van der Waals surface area contributed by atoms with Crippen LogP contribution in [-0.4, -0.2) is 40.5 Å². The Morgan fingerprint density at radius 3 is 2.29 bits per heavy atom. The fourth-order valence-electron chi connectivity index (χ4n) is 4.34. The fraction of sp³-hybridized carbons (Fsp3) is 0.607. The zero-order valence-corrected chi connectivity index (χ0v) is 22.2. The summed E-state index contributed by atoms with van der Waals surface area (Å²) in [6.07, 6.45) is 10.3. The van der Waals surface area contributed by atoms with Crippen LogP contribution in [0.3, 0.4) is 0 Å². The van der Waals surface area contributed by atoms with Crippen molar-refractivity contribution in [3.63, 3.8) is 0 Å². The van der Waals surface area contributed by atoms with Crippen molar-refractivity contribution in [1.82, 2.24) is 15.5 Å². The van der Waals surface area contributed by atoms with E-state index in [9.17, 15) is 14.4 Å². The molecule has 1 aliphatic rings. The molecule has 3 amide bonds. The van der Waals surface area contributed by atoms with Crippen LogP contribution in [-0.2, 0) is 14.3 Å². The van der Waals surface area contributed by atoms with E-state index in [1.807, 2.05) is 45.9 Å². The van der Waals surface area contributed by atoms with Gasteiger partial charge < -0.3 is 15.4 Å². The van der Waals surface area contributed by atoms with Gasteiger partial charge in [0.1, 0.15) is 17.7 Å². The van der Waals surface area contributed by atoms with Crippen LogP contribution in [0.15, 0.2) is 18.2 Å². The molecule has 2 N–H and O–H groups in total. The predicted octanol–water partition coefficient (Wildman–Crippen LogP) is 4.76. The van der Waals surface area contributed by atoms with E-state index < -0.39 is 29.7 Å². The standard InChI is InChI=1S/C28H41N3O4/c1-9-31(26(33)23(18(2)3)30-27(34)35-28(6,7)8)24(22-17-19(4)15-16-20(22)5)25(32)29-21-13-11-10-12-14-21/h1,15-18,21,23-24H,10-14H2,2-8H3,(H,29,32)(H,30,34). The number of amides is 3. The largest absolute Gasteiger partial charge is 0.444 e. The van der Waals surface area contributed by atoms with Gasteiger partial charge in [0.05, 0.1) is 0 Å². The summed E-state index contributed by atoms with van der Waals surface area (Å²) in [4.78, 5) is 41.0. The van der Waals surface area contributed by atoms with Crippen molar-refractivity contribution in [2.24, 2.45) is 5.92 Å². The Morgan fingerprint density at radius 2 is 1.74 bits per heavy atom. The number of rotatable bonds is 7. The van der Waals surface area contributed by atoms with Crippen molar-refractivity contribution in [2.45, 2.75) is 104 Å². The molecule has 2 unspecified atom stereocenters. The maximum Gasteiger partial charge on any atom is 0.408 e. The Hall–Kier alpha value is -3.01. The van der Waals surface area contributed by atoms with Gasteiger partial charge in [-0.25, -0.2) is 4.79 Å². The lowest BCUT2D eigenvalue weighted by Crippen LogP contribution is -2.54. The first-order valence-corrected chi connectivity index (χ1v) is 12.5. The van der Waals surface area contributed by atoms with Crippen LogP contribution in [0.2, 0.25) is 0 Å². The van der Waals surface area contributed by atoms with E-state index in [2.05, 4.69) is 16.7 Å². The number of ether oxygens (including phenoxy) is 1. The summed E-state index contributed by atoms with van der Waals surface area (Å²) in [5.74, 6) is -1.12. The van der Waals surface area contributed by atoms with Gasteiger partial charge in [0.15, 0.2) is 0 Å². The van der Waals surface area contributed by atoms with Gasteiger partial charge in [-0.2, -0.15) is 0 Å². The number of benzene rings is 1. The number of carbonyl (C=O) groups is 3. The molecular formula is C28H41N3O4. The molecule has 2 rings (SSSR count). The highest BCUT2D eigenvalue weighted by atomic mass is 16.6. The van der Waals surface area contributed by atoms with Gasteiger partial charge in [-0.05, 0) is 64.5 Å². The van der Waals surface area contributed by atoms with Gasteiger partial charge >= 0.3 is 6.09 Å². The smallest absolute Gasteiger partial charge is 0.408 e. The summed E-state index contributed by atoms with van der Waals surface area (Å²) in [6.45, 7) is 12.7. The molecule has 1 aromatic carbocycles. The van der Waals surface area contributed by atoms with E-state index in [-0.39, 0.29) is 17.9 Å². The topological polar surface area (TPSA) is 87.7 Å². The predicted molar refractivity (Wildman–Crippen MR) is 137 cm³/mol. The van der Waals surface area contributed by atoms with Crippen LogP contribution in [0.1, 0.15) is 89.5 Å². The van der Waals surface area contributed by atoms with Crippen LogP contribution in [0.5, 0.6) is 0 Å². The lowest BCUT2D eigenvalue weighted by Gasteiger charge is -2.33. The average molecular weight is 484 g/mol. The minimum Gasteiger partial charge on any atom is -0.444 e. The summed E-state index contributed by atoms with van der Waals surface area (Å²) in [6, 6.07) is 6.30. The summed E-state index contributed by atoms with van der Waals surface area (Å²) in [7, 11) is 0. The normalized spacial score (nSPS) is 16.1. The molecule has 0 heterocycles. The summed E-state index contributed by atoms with van der Waals surface area (Å²) < 4.78 is 5.36. The molecule has 7 nitrogen and oxygen atoms in total. The number of hydrogen-bond acceptors (Lipinski definition) is 4. The average Bonchev–Trinajstić information content (AvgIpc) is 2.76. The quantitative estimate of drug-likeness (QED) is 0.432. The monoisotopic (exact) mass is 483 g/mol. The maximum absolute atomic E-state index is 13.8. The molecule has 0 aliphatic heterocycles. The number of carbonyl (C=O) groups excluding carboxylic acids is 3. The molecule has 2 atom stereocenters. The van der Waals surface area contributed by atoms with Gasteiger partial charge in [-0.1, -0.05) is 63.3 Å². The van der Waals surface area contributed by atoms with Crippen molar-refractivity contribution >= 4 is 17.9 Å². The van der Waals surface area contributed by atoms with Crippen LogP contribution in [0.25, 0.3) is 0 Å². The van der Waals surface area contributed by atoms with Crippen molar-refractivity contribution < 1.29 is 19.1 Å². The third kappa shape index (κ3) is 8.02. The zero-order valence-electron chi connectivity index (χ0n) is 22.2. The van der Waals surface area contributed by atoms with Crippen molar-refractivity contribution in [3.8, 4) is 12.5 Å². The first kappa shape index (κ1) is 28.2. The van der Waals surface area contributed by atoms with Gasteiger partial charge in [-0.15, -0.1) is 0 Å². The first-order valence-electron chi connectivity index (χ1n) is 12.5. The Balaban J connectivity index is 2.43. The molecule has 1 fully saturated rings. The Kier molecular flexibility index (Phi) is 9.76. The Morgan fingerprint density at radius 1 is 1.11 bits per heavy atom. The second kappa shape index (κ2) is 12.1. The molecule has 1 saturated carbocycles. The second-order valence-electron chi connectivity index (χ2n) is 10.8. The fourth-order valence-corrected chi connectivity index (χ4v) is 4.34. The third-order valence-corrected chi connectivity index (χ3v) is 6.17. The number of aryl methyl sites for hydroxylation is 2. The Bertz CT molecular complexity index is 952. The Labute approximate surface area is 210 Å². The van der Waals surface area contributed by atoms with E-state index in [4.69, 9.17) is 11.2 Å². The first-order chi connectivity index (χ1) is 16.3. The van der Waals surface area contributed by atoms with E-state index in [0.29, 0.717) is 5.56 Å². The molecule has 35 heavy (non-hydrogen) atoms. The molecular weight excluding hydrogens is 442 g/mol. The molecule has 1 aliphatic carbocycles. The lowest BCUT2D eigenvalue weighted by molar-refractivity contribution is -0.139. The number of nitrogens with one attached hydrogen (secondary N) is 2. The minimum atomic E-state index is -1.02. The lowest BCUT2D eigenvalue weighted by atomic mass is 9.93. The van der Waals surface area contributed by atoms with Gasteiger partial charge in [0, 0.05) is 12.1 Å². The second-order valence-corrected chi connectivity index (χ2v) is 10.8. The van der Waals surface area contributed by atoms with Gasteiger partial charge in [0.25, 0.3) is 5.91 Å². The maximum atomic E-state index is 13.8. The van der Waals surface area contributed by atoms with E-state index in [0.717, 1.165) is 48.1 Å². The molecule has 0 bridgehead atoms. The van der Waals surface area contributed by atoms with Crippen LogP contribution in [0.4, 0.5) is 4.79 Å². The van der Waals surface area contributed by atoms with E-state index in [1.54, 1.807) is 20.8 Å². The highest BCUT2D eigenvalue weighted by molar-refractivity contribution is 5.93. The number of terminal acetylenes is 1. The molecule has 7 heteroatoms. The van der Waals surface area contributed by atoms with E-state index in [1.165, 1.54) is 0 Å². The van der Waals surface area contributed by atoms with Crippen LogP contribution in [0, 0.1) is 32.2 Å². The SMILES string of the molecule is C#CN(C(=O)C(NC(=O)OC(C)(C)C)C(C)C)C(C(=O)NC1CCCCC1)c1cc(C)ccc1C. The highest BCUT2D eigenvalue weighted by Gasteiger charge is 2.38. The molecule has 0 radical (unpaired) electrons. The summed E-state index contributed by atoms with van der Waals surface area (Å²) in [5, 5.41) is 5.79. The third-order valence-electron chi connectivity index (χ3n) is 6.17. The molecule has 0 saturated heterocycles. The highest BCUT2D eigenvalue weighted by Crippen LogP contribution is 2.28. The van der Waals surface area contributed by atoms with Crippen LogP contribution < -0.4 is 10.6 Å². The molecule has 0 aromatic heterocycles. The minimum absolute atomic E-state index is 0.0550. The number of hydrogen-bond donors (Lipinski definition) is 2. The zero-order chi connectivity index (χ0) is 26.3. The summed E-state index contributed by atoms with van der Waals surface area (Å²) >= 11 is 0. The van der Waals surface area contributed by atoms with Gasteiger partial charge in [-0.3, -0.25) is 14.5 Å².